The van der Waals surface area contributed by atoms with Crippen LogP contribution in [-0.2, 0) is 12.9 Å². The van der Waals surface area contributed by atoms with Gasteiger partial charge in [0.1, 0.15) is 12.2 Å². The molecule has 18 heavy (non-hydrogen) atoms. The van der Waals surface area contributed by atoms with Crippen molar-refractivity contribution < 1.29 is 35.5 Å². The highest BCUT2D eigenvalue weighted by Crippen LogP contribution is 2.41. The summed E-state index contributed by atoms with van der Waals surface area (Å²) in [5.74, 6) is -1.64. The topological polar surface area (TPSA) is 22.1 Å². The Balaban J connectivity index is 3.39. The monoisotopic (exact) mass is 389 g/mol. The molecule has 1 rings (SSSR count). The molecule has 0 radical (unpaired) electrons. The van der Waals surface area contributed by atoms with Crippen LogP contribution in [0.4, 0.5) is 30.7 Å². The van der Waals surface area contributed by atoms with Crippen molar-refractivity contribution in [1.82, 2.24) is 4.98 Å². The molecule has 0 unspecified atom stereocenters. The maximum absolute atomic E-state index is 12.6. The standard InChI is InChI=1S/C8H3F7INO/c9-1-3-2-17-6(18-8(13,14)15)4(5(3)16)7(10,11)12/h2H,1H2. The SMILES string of the molecule is FCc1cnc(OC(F)(F)F)c(C(F)(F)F)c1I. The predicted octanol–water partition coefficient (Wildman–Crippen LogP) is 4.07. The highest BCUT2D eigenvalue weighted by Gasteiger charge is 2.42. The van der Waals surface area contributed by atoms with Crippen LogP contribution < -0.4 is 4.74 Å². The van der Waals surface area contributed by atoms with Gasteiger partial charge in [0, 0.05) is 15.3 Å². The second-order valence-corrected chi connectivity index (χ2v) is 4.04. The van der Waals surface area contributed by atoms with Crippen molar-refractivity contribution in [2.45, 2.75) is 19.2 Å². The van der Waals surface area contributed by atoms with Crippen molar-refractivity contribution in [3.63, 3.8) is 0 Å². The van der Waals surface area contributed by atoms with Gasteiger partial charge in [-0.15, -0.1) is 13.2 Å². The normalized spacial score (nSPS) is 12.7. The third-order valence-corrected chi connectivity index (χ3v) is 2.92. The number of rotatable bonds is 2. The first-order valence-corrected chi connectivity index (χ1v) is 5.20. The molecule has 1 heterocycles. The van der Waals surface area contributed by atoms with Crippen LogP contribution in [0, 0.1) is 3.57 Å². The summed E-state index contributed by atoms with van der Waals surface area (Å²) < 4.78 is 88.3. The maximum Gasteiger partial charge on any atom is 0.574 e. The zero-order chi connectivity index (χ0) is 14.1. The number of hydrogen-bond acceptors (Lipinski definition) is 2. The largest absolute Gasteiger partial charge is 0.574 e. The molecule has 102 valence electrons. The average molecular weight is 389 g/mol. The summed E-state index contributed by atoms with van der Waals surface area (Å²) in [6, 6.07) is 0. The van der Waals surface area contributed by atoms with Crippen molar-refractivity contribution in [3.8, 4) is 5.88 Å². The van der Waals surface area contributed by atoms with Gasteiger partial charge in [-0.25, -0.2) is 9.37 Å². The molecular formula is C8H3F7INO. The Bertz CT molecular complexity index is 442. The van der Waals surface area contributed by atoms with Crippen molar-refractivity contribution in [2.24, 2.45) is 0 Å². The van der Waals surface area contributed by atoms with E-state index in [2.05, 4.69) is 9.72 Å². The Kier molecular flexibility index (Phi) is 4.28. The summed E-state index contributed by atoms with van der Waals surface area (Å²) in [7, 11) is 0. The molecule has 10 heteroatoms. The number of pyridine rings is 1. The number of halogens is 8. The van der Waals surface area contributed by atoms with Gasteiger partial charge in [-0.1, -0.05) is 0 Å². The van der Waals surface area contributed by atoms with Crippen LogP contribution in [0.25, 0.3) is 0 Å². The molecule has 0 spiro atoms. The summed E-state index contributed by atoms with van der Waals surface area (Å²) >= 11 is 1.10. The molecule has 0 amide bonds. The van der Waals surface area contributed by atoms with Crippen molar-refractivity contribution in [2.75, 3.05) is 0 Å². The minimum Gasteiger partial charge on any atom is -0.387 e. The van der Waals surface area contributed by atoms with Gasteiger partial charge in [-0.05, 0) is 22.6 Å². The van der Waals surface area contributed by atoms with Crippen LogP contribution in [0.15, 0.2) is 6.20 Å². The molecule has 0 saturated carbocycles. The quantitative estimate of drug-likeness (QED) is 0.562. The van der Waals surface area contributed by atoms with Crippen LogP contribution >= 0.6 is 22.6 Å². The van der Waals surface area contributed by atoms with E-state index in [4.69, 9.17) is 0 Å². The number of alkyl halides is 7. The third kappa shape index (κ3) is 3.59. The molecular weight excluding hydrogens is 386 g/mol. The van der Waals surface area contributed by atoms with Gasteiger partial charge in [-0.3, -0.25) is 0 Å². The molecule has 0 saturated heterocycles. The van der Waals surface area contributed by atoms with Crippen LogP contribution in [0.1, 0.15) is 11.1 Å². The van der Waals surface area contributed by atoms with Gasteiger partial charge in [0.05, 0.1) is 0 Å². The molecule has 0 aromatic carbocycles. The number of aromatic nitrogens is 1. The summed E-state index contributed by atoms with van der Waals surface area (Å²) in [5.41, 5.74) is -2.20. The highest BCUT2D eigenvalue weighted by molar-refractivity contribution is 14.1. The Morgan fingerprint density at radius 3 is 2.11 bits per heavy atom. The van der Waals surface area contributed by atoms with Gasteiger partial charge in [0.2, 0.25) is 5.88 Å². The van der Waals surface area contributed by atoms with E-state index in [1.807, 2.05) is 0 Å². The Hall–Kier alpha value is -0.810. The lowest BCUT2D eigenvalue weighted by molar-refractivity contribution is -0.278. The third-order valence-electron chi connectivity index (χ3n) is 1.69. The Morgan fingerprint density at radius 2 is 1.72 bits per heavy atom. The minimum absolute atomic E-state index is 0.461. The Morgan fingerprint density at radius 1 is 1.17 bits per heavy atom. The van der Waals surface area contributed by atoms with Gasteiger partial charge < -0.3 is 4.74 Å². The zero-order valence-corrected chi connectivity index (χ0v) is 10.3. The van der Waals surface area contributed by atoms with E-state index in [1.165, 1.54) is 0 Å². The molecule has 2 nitrogen and oxygen atoms in total. The number of hydrogen-bond donors (Lipinski definition) is 0. The zero-order valence-electron chi connectivity index (χ0n) is 8.16. The first kappa shape index (κ1) is 15.2. The van der Waals surface area contributed by atoms with Gasteiger partial charge >= 0.3 is 12.5 Å². The fourth-order valence-electron chi connectivity index (χ4n) is 1.04. The van der Waals surface area contributed by atoms with E-state index >= 15 is 0 Å². The maximum atomic E-state index is 12.6. The van der Waals surface area contributed by atoms with Crippen LogP contribution in [-0.4, -0.2) is 11.3 Å². The van der Waals surface area contributed by atoms with E-state index in [0.717, 1.165) is 22.6 Å². The summed E-state index contributed by atoms with van der Waals surface area (Å²) in [6.45, 7) is -1.28. The van der Waals surface area contributed by atoms with E-state index in [9.17, 15) is 30.7 Å². The summed E-state index contributed by atoms with van der Waals surface area (Å²) in [4.78, 5) is 2.86. The average Bonchev–Trinajstić information content (AvgIpc) is 2.13. The van der Waals surface area contributed by atoms with E-state index in [1.54, 1.807) is 0 Å². The molecule has 0 atom stereocenters. The van der Waals surface area contributed by atoms with Gasteiger partial charge in [-0.2, -0.15) is 13.2 Å². The molecule has 1 aromatic rings. The number of ether oxygens (including phenoxy) is 1. The predicted molar refractivity (Wildman–Crippen MR) is 53.5 cm³/mol. The Labute approximate surface area is 109 Å². The lowest BCUT2D eigenvalue weighted by Gasteiger charge is -2.16. The second-order valence-electron chi connectivity index (χ2n) is 2.96. The van der Waals surface area contributed by atoms with Crippen molar-refractivity contribution >= 4 is 22.6 Å². The smallest absolute Gasteiger partial charge is 0.387 e. The fourth-order valence-corrected chi connectivity index (χ4v) is 1.86. The first-order valence-electron chi connectivity index (χ1n) is 4.12. The van der Waals surface area contributed by atoms with Crippen molar-refractivity contribution in [3.05, 3.63) is 20.9 Å². The second kappa shape index (κ2) is 5.05. The minimum atomic E-state index is -5.31. The van der Waals surface area contributed by atoms with Crippen LogP contribution in [0.5, 0.6) is 5.88 Å². The molecule has 0 N–H and O–H groups in total. The van der Waals surface area contributed by atoms with Crippen LogP contribution in [0.3, 0.4) is 0 Å². The molecule has 0 fully saturated rings. The van der Waals surface area contributed by atoms with Crippen LogP contribution in [0.2, 0.25) is 0 Å². The molecule has 1 aromatic heterocycles. The summed E-state index contributed by atoms with van der Waals surface area (Å²) in [5, 5.41) is 0. The van der Waals surface area contributed by atoms with E-state index in [-0.39, 0.29) is 0 Å². The molecule has 0 bridgehead atoms. The number of nitrogens with zero attached hydrogens (tertiary/aromatic N) is 1. The first-order chi connectivity index (χ1) is 8.06. The highest BCUT2D eigenvalue weighted by atomic mass is 127. The fraction of sp³-hybridized carbons (Fsp3) is 0.375. The lowest BCUT2D eigenvalue weighted by Crippen LogP contribution is -2.22. The van der Waals surface area contributed by atoms with E-state index in [0.29, 0.717) is 6.20 Å². The van der Waals surface area contributed by atoms with E-state index < -0.39 is 39.8 Å². The summed E-state index contributed by atoms with van der Waals surface area (Å²) in [6.07, 6.45) is -9.87. The lowest BCUT2D eigenvalue weighted by atomic mass is 10.2. The molecule has 0 aliphatic rings. The molecule has 0 aliphatic carbocycles. The van der Waals surface area contributed by atoms with Gasteiger partial charge in [0.15, 0.2) is 0 Å². The van der Waals surface area contributed by atoms with Gasteiger partial charge in [0.25, 0.3) is 0 Å². The van der Waals surface area contributed by atoms with Crippen molar-refractivity contribution in [1.29, 1.82) is 0 Å². The molecule has 0 aliphatic heterocycles.